The van der Waals surface area contributed by atoms with Crippen molar-refractivity contribution in [2.75, 3.05) is 19.0 Å². The van der Waals surface area contributed by atoms with Gasteiger partial charge in [-0.1, -0.05) is 6.92 Å². The Labute approximate surface area is 111 Å². The molecule has 0 spiro atoms. The van der Waals surface area contributed by atoms with Gasteiger partial charge in [-0.05, 0) is 18.6 Å². The van der Waals surface area contributed by atoms with Crippen molar-refractivity contribution in [1.29, 1.82) is 0 Å². The fourth-order valence-corrected chi connectivity index (χ4v) is 1.55. The quantitative estimate of drug-likeness (QED) is 0.827. The van der Waals surface area contributed by atoms with Gasteiger partial charge in [0.05, 0.1) is 13.4 Å². The second-order valence-corrected chi connectivity index (χ2v) is 3.86. The number of rotatable bonds is 7. The molecular formula is C13H17N3O3. The summed E-state index contributed by atoms with van der Waals surface area (Å²) in [6, 6.07) is 3.65. The number of hydrogen-bond donors (Lipinski definition) is 1. The molecular weight excluding hydrogens is 246 g/mol. The summed E-state index contributed by atoms with van der Waals surface area (Å²) in [5.74, 6) is 2.26. The van der Waals surface area contributed by atoms with Crippen LogP contribution in [0.4, 0.5) is 5.82 Å². The zero-order valence-electron chi connectivity index (χ0n) is 11.0. The molecule has 0 bridgehead atoms. The Bertz CT molecular complexity index is 500. The van der Waals surface area contributed by atoms with Crippen LogP contribution in [0.25, 0.3) is 0 Å². The predicted octanol–water partition coefficient (Wildman–Crippen LogP) is 2.48. The molecule has 0 aliphatic heterocycles. The molecule has 2 rings (SSSR count). The van der Waals surface area contributed by atoms with E-state index < -0.39 is 0 Å². The molecule has 0 aromatic carbocycles. The van der Waals surface area contributed by atoms with Crippen molar-refractivity contribution in [3.05, 3.63) is 30.5 Å². The van der Waals surface area contributed by atoms with Gasteiger partial charge < -0.3 is 19.2 Å². The first-order valence-electron chi connectivity index (χ1n) is 6.13. The molecule has 6 heteroatoms. The minimum atomic E-state index is 0.299. The summed E-state index contributed by atoms with van der Waals surface area (Å²) < 4.78 is 16.1. The maximum Gasteiger partial charge on any atom is 0.262 e. The number of nitrogens with one attached hydrogen (secondary N) is 1. The SMILES string of the molecule is CCCNc1ncnc(OCc2ccco2)c1OC. The molecule has 0 atom stereocenters. The van der Waals surface area contributed by atoms with Crippen molar-refractivity contribution in [2.45, 2.75) is 20.0 Å². The zero-order valence-corrected chi connectivity index (χ0v) is 11.0. The summed E-state index contributed by atoms with van der Waals surface area (Å²) in [6.07, 6.45) is 4.04. The fraction of sp³-hybridized carbons (Fsp3) is 0.385. The van der Waals surface area contributed by atoms with Crippen LogP contribution in [0.1, 0.15) is 19.1 Å². The third kappa shape index (κ3) is 3.37. The van der Waals surface area contributed by atoms with Crippen molar-refractivity contribution in [1.82, 2.24) is 9.97 Å². The second kappa shape index (κ2) is 6.63. The molecule has 0 aliphatic carbocycles. The van der Waals surface area contributed by atoms with Crippen molar-refractivity contribution in [2.24, 2.45) is 0 Å². The van der Waals surface area contributed by atoms with Crippen molar-refractivity contribution in [3.8, 4) is 11.6 Å². The Morgan fingerprint density at radius 1 is 1.37 bits per heavy atom. The number of methoxy groups -OCH3 is 1. The highest BCUT2D eigenvalue weighted by atomic mass is 16.5. The highest BCUT2D eigenvalue weighted by Crippen LogP contribution is 2.31. The monoisotopic (exact) mass is 263 g/mol. The van der Waals surface area contributed by atoms with E-state index in [2.05, 4.69) is 22.2 Å². The van der Waals surface area contributed by atoms with Crippen molar-refractivity contribution >= 4 is 5.82 Å². The van der Waals surface area contributed by atoms with E-state index in [1.165, 1.54) is 6.33 Å². The number of furan rings is 1. The van der Waals surface area contributed by atoms with Gasteiger partial charge in [0.2, 0.25) is 5.75 Å². The van der Waals surface area contributed by atoms with Crippen LogP contribution < -0.4 is 14.8 Å². The van der Waals surface area contributed by atoms with E-state index >= 15 is 0 Å². The molecule has 0 aliphatic rings. The van der Waals surface area contributed by atoms with Crippen molar-refractivity contribution in [3.63, 3.8) is 0 Å². The molecule has 0 saturated heterocycles. The first-order valence-corrected chi connectivity index (χ1v) is 6.13. The van der Waals surface area contributed by atoms with Gasteiger partial charge in [0, 0.05) is 6.54 Å². The number of anilines is 1. The molecule has 0 saturated carbocycles. The van der Waals surface area contributed by atoms with Gasteiger partial charge in [0.1, 0.15) is 18.7 Å². The highest BCUT2D eigenvalue weighted by Gasteiger charge is 2.13. The summed E-state index contributed by atoms with van der Waals surface area (Å²) in [6.45, 7) is 3.19. The van der Waals surface area contributed by atoms with Crippen LogP contribution in [0.3, 0.4) is 0 Å². The fourth-order valence-electron chi connectivity index (χ4n) is 1.55. The Morgan fingerprint density at radius 2 is 2.26 bits per heavy atom. The van der Waals surface area contributed by atoms with Crippen LogP contribution in [0.15, 0.2) is 29.1 Å². The Kier molecular flexibility index (Phi) is 4.60. The molecule has 102 valence electrons. The molecule has 6 nitrogen and oxygen atoms in total. The van der Waals surface area contributed by atoms with Crippen molar-refractivity contribution < 1.29 is 13.9 Å². The maximum absolute atomic E-state index is 5.58. The van der Waals surface area contributed by atoms with E-state index in [9.17, 15) is 0 Å². The third-order valence-electron chi connectivity index (χ3n) is 2.45. The largest absolute Gasteiger partial charge is 0.489 e. The summed E-state index contributed by atoms with van der Waals surface area (Å²) in [4.78, 5) is 8.22. The zero-order chi connectivity index (χ0) is 13.5. The molecule has 2 heterocycles. The topological polar surface area (TPSA) is 69.4 Å². The molecule has 0 amide bonds. The van der Waals surface area contributed by atoms with Crippen LogP contribution in [0, 0.1) is 0 Å². The van der Waals surface area contributed by atoms with E-state index in [1.807, 2.05) is 12.1 Å². The van der Waals surface area contributed by atoms with E-state index in [4.69, 9.17) is 13.9 Å². The molecule has 2 aromatic rings. The maximum atomic E-state index is 5.58. The Balaban J connectivity index is 2.10. The molecule has 19 heavy (non-hydrogen) atoms. The van der Waals surface area contributed by atoms with Crippen LogP contribution in [-0.2, 0) is 6.61 Å². The summed E-state index contributed by atoms with van der Waals surface area (Å²) in [7, 11) is 1.57. The molecule has 1 N–H and O–H groups in total. The third-order valence-corrected chi connectivity index (χ3v) is 2.45. The molecule has 0 fully saturated rings. The van der Waals surface area contributed by atoms with Gasteiger partial charge in [-0.2, -0.15) is 4.98 Å². The van der Waals surface area contributed by atoms with Gasteiger partial charge in [-0.15, -0.1) is 0 Å². The Hall–Kier alpha value is -2.24. The van der Waals surface area contributed by atoms with Crippen LogP contribution in [0.5, 0.6) is 11.6 Å². The summed E-state index contributed by atoms with van der Waals surface area (Å²) in [5, 5.41) is 3.17. The van der Waals surface area contributed by atoms with Gasteiger partial charge >= 0.3 is 0 Å². The highest BCUT2D eigenvalue weighted by molar-refractivity contribution is 5.54. The van der Waals surface area contributed by atoms with Gasteiger partial charge in [-0.25, -0.2) is 4.98 Å². The lowest BCUT2D eigenvalue weighted by atomic mass is 10.4. The van der Waals surface area contributed by atoms with Crippen LogP contribution >= 0.6 is 0 Å². The van der Waals surface area contributed by atoms with E-state index in [1.54, 1.807) is 13.4 Å². The number of nitrogens with zero attached hydrogens (tertiary/aromatic N) is 2. The minimum absolute atomic E-state index is 0.299. The first kappa shape index (κ1) is 13.2. The van der Waals surface area contributed by atoms with Gasteiger partial charge in [0.15, 0.2) is 5.82 Å². The lowest BCUT2D eigenvalue weighted by Gasteiger charge is -2.12. The first-order chi connectivity index (χ1) is 9.35. The normalized spacial score (nSPS) is 10.2. The van der Waals surface area contributed by atoms with E-state index in [-0.39, 0.29) is 0 Å². The standard InChI is InChI=1S/C13H17N3O3/c1-3-6-14-12-11(17-2)13(16-9-15-12)19-8-10-5-4-7-18-10/h4-5,7,9H,3,6,8H2,1-2H3,(H,14,15,16). The van der Waals surface area contributed by atoms with Gasteiger partial charge in [-0.3, -0.25) is 0 Å². The van der Waals surface area contributed by atoms with Gasteiger partial charge in [0.25, 0.3) is 5.88 Å². The molecule has 2 aromatic heterocycles. The lowest BCUT2D eigenvalue weighted by molar-refractivity contribution is 0.245. The predicted molar refractivity (Wildman–Crippen MR) is 70.4 cm³/mol. The molecule has 0 unspecified atom stereocenters. The van der Waals surface area contributed by atoms with E-state index in [0.717, 1.165) is 18.7 Å². The van der Waals surface area contributed by atoms with E-state index in [0.29, 0.717) is 24.1 Å². The smallest absolute Gasteiger partial charge is 0.262 e. The number of aromatic nitrogens is 2. The van der Waals surface area contributed by atoms with Crippen LogP contribution in [0.2, 0.25) is 0 Å². The average Bonchev–Trinajstić information content (AvgIpc) is 2.96. The minimum Gasteiger partial charge on any atom is -0.489 e. The number of hydrogen-bond acceptors (Lipinski definition) is 6. The average molecular weight is 263 g/mol. The lowest BCUT2D eigenvalue weighted by Crippen LogP contribution is -2.07. The summed E-state index contributed by atoms with van der Waals surface area (Å²) >= 11 is 0. The molecule has 0 radical (unpaired) electrons. The summed E-state index contributed by atoms with van der Waals surface area (Å²) in [5.41, 5.74) is 0. The Morgan fingerprint density at radius 3 is 2.95 bits per heavy atom. The second-order valence-electron chi connectivity index (χ2n) is 3.86. The number of ether oxygens (including phenoxy) is 2. The van der Waals surface area contributed by atoms with Crippen LogP contribution in [-0.4, -0.2) is 23.6 Å².